The van der Waals surface area contributed by atoms with Gasteiger partial charge in [-0.25, -0.2) is 14.3 Å². The molecule has 4 amide bonds. The first-order valence-electron chi connectivity index (χ1n) is 13.9. The van der Waals surface area contributed by atoms with E-state index in [9.17, 15) is 19.5 Å². The van der Waals surface area contributed by atoms with Crippen molar-refractivity contribution in [2.24, 2.45) is 0 Å². The lowest BCUT2D eigenvalue weighted by atomic mass is 9.92. The van der Waals surface area contributed by atoms with Gasteiger partial charge in [-0.2, -0.15) is 5.10 Å². The van der Waals surface area contributed by atoms with Gasteiger partial charge in [0.25, 0.3) is 5.91 Å². The molecule has 6 rings (SSSR count). The first kappa shape index (κ1) is 27.1. The fourth-order valence-electron chi connectivity index (χ4n) is 5.40. The van der Waals surface area contributed by atoms with Crippen molar-refractivity contribution in [2.45, 2.75) is 45.7 Å². The van der Waals surface area contributed by atoms with Crippen molar-refractivity contribution < 1.29 is 19.5 Å². The highest BCUT2D eigenvalue weighted by molar-refractivity contribution is 6.01. The summed E-state index contributed by atoms with van der Waals surface area (Å²) < 4.78 is 1.72. The number of carbonyl (C=O) groups excluding carboxylic acids is 2. The molecule has 0 saturated heterocycles. The van der Waals surface area contributed by atoms with Gasteiger partial charge < -0.3 is 20.6 Å². The Kier molecular flexibility index (Phi) is 6.68. The summed E-state index contributed by atoms with van der Waals surface area (Å²) in [6.07, 6.45) is -0.308. The minimum Gasteiger partial charge on any atom is -0.465 e. The van der Waals surface area contributed by atoms with Gasteiger partial charge in [0.1, 0.15) is 5.82 Å². The van der Waals surface area contributed by atoms with Crippen molar-refractivity contribution in [3.63, 3.8) is 0 Å². The smallest absolute Gasteiger partial charge is 0.407 e. The maximum atomic E-state index is 13.1. The first-order chi connectivity index (χ1) is 20.1. The summed E-state index contributed by atoms with van der Waals surface area (Å²) in [5.74, 6) is 0.463. The van der Waals surface area contributed by atoms with Crippen molar-refractivity contribution in [3.8, 4) is 16.8 Å². The molecule has 0 fully saturated rings. The minimum atomic E-state index is -0.920. The zero-order valence-electron chi connectivity index (χ0n) is 23.7. The zero-order chi connectivity index (χ0) is 29.6. The number of rotatable bonds is 4. The lowest BCUT2D eigenvalue weighted by Crippen LogP contribution is -2.34. The maximum absolute atomic E-state index is 13.1. The van der Waals surface area contributed by atoms with Crippen LogP contribution in [0.25, 0.3) is 16.8 Å². The molecule has 214 valence electrons. The Morgan fingerprint density at radius 1 is 0.952 bits per heavy atom. The summed E-state index contributed by atoms with van der Waals surface area (Å²) in [6.45, 7) is 7.48. The molecule has 2 aliphatic heterocycles. The number of urea groups is 1. The summed E-state index contributed by atoms with van der Waals surface area (Å²) >= 11 is 0. The number of nitrogens with one attached hydrogen (secondary N) is 3. The van der Waals surface area contributed by atoms with Gasteiger partial charge >= 0.3 is 12.1 Å². The van der Waals surface area contributed by atoms with E-state index in [0.717, 1.165) is 39.2 Å². The van der Waals surface area contributed by atoms with Gasteiger partial charge in [0.05, 0.1) is 11.4 Å². The number of fused-ring (bicyclic) bond motifs is 2. The Hall–Kier alpha value is -5.12. The van der Waals surface area contributed by atoms with E-state index in [1.165, 1.54) is 4.90 Å². The summed E-state index contributed by atoms with van der Waals surface area (Å²) in [7, 11) is 0. The van der Waals surface area contributed by atoms with E-state index < -0.39 is 12.1 Å². The average molecular weight is 565 g/mol. The van der Waals surface area contributed by atoms with Gasteiger partial charge in [-0.05, 0) is 64.6 Å². The Balaban J connectivity index is 1.22. The van der Waals surface area contributed by atoms with Gasteiger partial charge in [0.2, 0.25) is 0 Å². The number of nitrogens with zero attached hydrogens (tertiary/aromatic N) is 3. The molecule has 0 radical (unpaired) electrons. The minimum absolute atomic E-state index is 0.0594. The fourth-order valence-corrected chi connectivity index (χ4v) is 5.40. The van der Waals surface area contributed by atoms with E-state index in [0.29, 0.717) is 43.1 Å². The average Bonchev–Trinajstić information content (AvgIpc) is 3.56. The lowest BCUT2D eigenvalue weighted by Gasteiger charge is -2.26. The normalized spacial score (nSPS) is 14.2. The van der Waals surface area contributed by atoms with Crippen molar-refractivity contribution in [1.29, 1.82) is 0 Å². The summed E-state index contributed by atoms with van der Waals surface area (Å²) in [5, 5.41) is 22.9. The summed E-state index contributed by atoms with van der Waals surface area (Å²) in [4.78, 5) is 38.0. The predicted molar refractivity (Wildman–Crippen MR) is 160 cm³/mol. The van der Waals surface area contributed by atoms with E-state index >= 15 is 0 Å². The first-order valence-corrected chi connectivity index (χ1v) is 13.9. The van der Waals surface area contributed by atoms with Gasteiger partial charge in [0, 0.05) is 42.4 Å². The molecule has 42 heavy (non-hydrogen) atoms. The van der Waals surface area contributed by atoms with Crippen LogP contribution in [0.2, 0.25) is 0 Å². The Morgan fingerprint density at radius 2 is 1.71 bits per heavy atom. The molecule has 0 atom stereocenters. The van der Waals surface area contributed by atoms with E-state index in [2.05, 4.69) is 36.7 Å². The molecular formula is C32H32N6O4. The molecule has 0 bridgehead atoms. The third-order valence-electron chi connectivity index (χ3n) is 7.74. The largest absolute Gasteiger partial charge is 0.465 e. The standard InChI is InChI=1S/C32H32N6O4/c1-32(2,3)27-16-28(38(36-27)23-12-9-21-18-37(31(41)42)14-13-20(21)15-23)35-30(40)34-22-10-7-19(8-11-22)24-5-4-6-25-26(24)17-33-29(25)39/h4-12,15-16H,13-14,17-18H2,1-3H3,(H,33,39)(H,41,42)(H2,34,35,40). The van der Waals surface area contributed by atoms with Crippen LogP contribution in [0, 0.1) is 0 Å². The fraction of sp³-hybridized carbons (Fsp3) is 0.250. The third kappa shape index (κ3) is 5.18. The second-order valence-electron chi connectivity index (χ2n) is 11.7. The molecule has 3 aromatic carbocycles. The van der Waals surface area contributed by atoms with Crippen LogP contribution >= 0.6 is 0 Å². The quantitative estimate of drug-likeness (QED) is 0.251. The lowest BCUT2D eigenvalue weighted by molar-refractivity contribution is 0.0965. The van der Waals surface area contributed by atoms with Gasteiger partial charge in [-0.1, -0.05) is 51.1 Å². The molecule has 0 unspecified atom stereocenters. The highest BCUT2D eigenvalue weighted by atomic mass is 16.4. The second kappa shape index (κ2) is 10.4. The molecule has 2 aliphatic rings. The number of benzene rings is 3. The topological polar surface area (TPSA) is 129 Å². The molecule has 4 aromatic rings. The molecule has 4 N–H and O–H groups in total. The van der Waals surface area contributed by atoms with E-state index in [4.69, 9.17) is 5.10 Å². The molecule has 0 saturated carbocycles. The van der Waals surface area contributed by atoms with E-state index in [-0.39, 0.29) is 11.3 Å². The number of aromatic nitrogens is 2. The predicted octanol–water partition coefficient (Wildman–Crippen LogP) is 5.76. The molecule has 10 heteroatoms. The van der Waals surface area contributed by atoms with E-state index in [1.54, 1.807) is 4.68 Å². The molecule has 0 spiro atoms. The Morgan fingerprint density at radius 3 is 2.45 bits per heavy atom. The van der Waals surface area contributed by atoms with Crippen LogP contribution in [0.1, 0.15) is 53.5 Å². The number of hydrogen-bond donors (Lipinski definition) is 4. The number of hydrogen-bond acceptors (Lipinski definition) is 4. The monoisotopic (exact) mass is 564 g/mol. The number of anilines is 2. The van der Waals surface area contributed by atoms with Crippen LogP contribution in [-0.2, 0) is 24.9 Å². The summed E-state index contributed by atoms with van der Waals surface area (Å²) in [6, 6.07) is 20.5. The Labute approximate surface area is 243 Å². The second-order valence-corrected chi connectivity index (χ2v) is 11.7. The number of carboxylic acid groups (broad SMARTS) is 1. The Bertz CT molecular complexity index is 1720. The van der Waals surface area contributed by atoms with Gasteiger partial charge in [0.15, 0.2) is 0 Å². The van der Waals surface area contributed by atoms with Crippen LogP contribution in [0.15, 0.2) is 66.7 Å². The maximum Gasteiger partial charge on any atom is 0.407 e. The molecule has 3 heterocycles. The van der Waals surface area contributed by atoms with E-state index in [1.807, 2.05) is 66.7 Å². The number of carbonyl (C=O) groups is 3. The van der Waals surface area contributed by atoms with Crippen molar-refractivity contribution in [1.82, 2.24) is 20.0 Å². The SMILES string of the molecule is CC(C)(C)c1cc(NC(=O)Nc2ccc(-c3cccc4c3CNC4=O)cc2)n(-c2ccc3c(c2)CCN(C(=O)O)C3)n1. The van der Waals surface area contributed by atoms with Crippen molar-refractivity contribution >= 4 is 29.5 Å². The summed E-state index contributed by atoms with van der Waals surface area (Å²) in [5.41, 5.74) is 7.64. The third-order valence-corrected chi connectivity index (χ3v) is 7.74. The van der Waals surface area contributed by atoms with Gasteiger partial charge in [-0.3, -0.25) is 10.1 Å². The van der Waals surface area contributed by atoms with Crippen LogP contribution < -0.4 is 16.0 Å². The van der Waals surface area contributed by atoms with Gasteiger partial charge in [-0.15, -0.1) is 0 Å². The zero-order valence-corrected chi connectivity index (χ0v) is 23.7. The molecule has 1 aromatic heterocycles. The van der Waals surface area contributed by atoms with Crippen molar-refractivity contribution in [3.05, 3.63) is 94.7 Å². The molecule has 10 nitrogen and oxygen atoms in total. The molecule has 0 aliphatic carbocycles. The number of amides is 4. The molecular weight excluding hydrogens is 532 g/mol. The van der Waals surface area contributed by atoms with Crippen molar-refractivity contribution in [2.75, 3.05) is 17.2 Å². The highest BCUT2D eigenvalue weighted by Crippen LogP contribution is 2.31. The van der Waals surface area contributed by atoms with Crippen LogP contribution in [0.3, 0.4) is 0 Å². The van der Waals surface area contributed by atoms with Crippen LogP contribution in [0.5, 0.6) is 0 Å². The highest BCUT2D eigenvalue weighted by Gasteiger charge is 2.25. The van der Waals surface area contributed by atoms with Crippen LogP contribution in [0.4, 0.5) is 21.1 Å². The van der Waals surface area contributed by atoms with Crippen LogP contribution in [-0.4, -0.2) is 44.4 Å².